The fourth-order valence-electron chi connectivity index (χ4n) is 2.90. The van der Waals surface area contributed by atoms with Gasteiger partial charge in [0.15, 0.2) is 0 Å². The van der Waals surface area contributed by atoms with Crippen LogP contribution in [0.5, 0.6) is 5.75 Å². The molecule has 2 heterocycles. The lowest BCUT2D eigenvalue weighted by atomic mass is 10.0. The van der Waals surface area contributed by atoms with Gasteiger partial charge in [-0.1, -0.05) is 23.7 Å². The molecule has 0 fully saturated rings. The Hall–Kier alpha value is -3.00. The SMILES string of the molecule is Fc1ccc([C@H]2C=C(c3ccc(Cl)cc3OC(F)F)Nc3ncnn32)cc1. The summed E-state index contributed by atoms with van der Waals surface area (Å²) < 4.78 is 45.1. The topological polar surface area (TPSA) is 52.0 Å². The second-order valence-corrected chi connectivity index (χ2v) is 6.19. The minimum Gasteiger partial charge on any atom is -0.434 e. The number of hydrogen-bond acceptors (Lipinski definition) is 4. The number of rotatable bonds is 4. The van der Waals surface area contributed by atoms with E-state index in [0.29, 0.717) is 17.2 Å². The number of aromatic nitrogens is 3. The van der Waals surface area contributed by atoms with Crippen molar-refractivity contribution in [3.05, 3.63) is 76.8 Å². The largest absolute Gasteiger partial charge is 0.434 e. The third kappa shape index (κ3) is 3.48. The Kier molecular flexibility index (Phi) is 4.49. The van der Waals surface area contributed by atoms with Gasteiger partial charge in [0, 0.05) is 10.6 Å². The highest BCUT2D eigenvalue weighted by molar-refractivity contribution is 6.30. The number of allylic oxidation sites excluding steroid dienone is 1. The lowest BCUT2D eigenvalue weighted by Crippen LogP contribution is -2.20. The van der Waals surface area contributed by atoms with Crippen molar-refractivity contribution in [2.75, 3.05) is 5.32 Å². The Balaban J connectivity index is 1.81. The molecule has 0 amide bonds. The van der Waals surface area contributed by atoms with Crippen molar-refractivity contribution in [1.82, 2.24) is 14.8 Å². The standard InChI is InChI=1S/C18H12ClF3N4O/c19-11-3-6-13(16(7-11)27-17(21)22)14-8-15(10-1-4-12(20)5-2-10)26-18(25-14)23-9-24-26/h1-9,15,17H,(H,23,24,25)/t15-/m1/s1. The minimum atomic E-state index is -3.00. The first-order chi connectivity index (χ1) is 13.0. The molecule has 4 rings (SSSR count). The quantitative estimate of drug-likeness (QED) is 0.697. The molecule has 0 saturated heterocycles. The average molecular weight is 393 g/mol. The summed E-state index contributed by atoms with van der Waals surface area (Å²) in [4.78, 5) is 4.14. The number of alkyl halides is 2. The number of halogens is 4. The van der Waals surface area contributed by atoms with Gasteiger partial charge in [-0.15, -0.1) is 0 Å². The molecule has 1 aliphatic rings. The van der Waals surface area contributed by atoms with E-state index in [0.717, 1.165) is 5.56 Å². The van der Waals surface area contributed by atoms with Crippen molar-refractivity contribution < 1.29 is 17.9 Å². The highest BCUT2D eigenvalue weighted by Crippen LogP contribution is 2.36. The van der Waals surface area contributed by atoms with E-state index in [1.54, 1.807) is 35.0 Å². The lowest BCUT2D eigenvalue weighted by Gasteiger charge is -2.25. The number of ether oxygens (including phenoxy) is 1. The summed E-state index contributed by atoms with van der Waals surface area (Å²) in [5, 5.41) is 7.50. The third-order valence-corrected chi connectivity index (χ3v) is 4.30. The first-order valence-corrected chi connectivity index (χ1v) is 8.27. The lowest BCUT2D eigenvalue weighted by molar-refractivity contribution is -0.0500. The molecule has 5 nitrogen and oxygen atoms in total. The fourth-order valence-corrected chi connectivity index (χ4v) is 3.06. The van der Waals surface area contributed by atoms with Crippen LogP contribution in [0.15, 0.2) is 54.9 Å². The molecule has 27 heavy (non-hydrogen) atoms. The normalized spacial score (nSPS) is 15.9. The molecule has 1 N–H and O–H groups in total. The van der Waals surface area contributed by atoms with Crippen LogP contribution >= 0.6 is 11.6 Å². The third-order valence-electron chi connectivity index (χ3n) is 4.07. The predicted molar refractivity (Wildman–Crippen MR) is 94.2 cm³/mol. The molecule has 1 aliphatic heterocycles. The first-order valence-electron chi connectivity index (χ1n) is 7.90. The zero-order chi connectivity index (χ0) is 19.0. The maximum absolute atomic E-state index is 13.3. The van der Waals surface area contributed by atoms with Crippen molar-refractivity contribution in [2.24, 2.45) is 0 Å². The van der Waals surface area contributed by atoms with Crippen LogP contribution in [0.2, 0.25) is 5.02 Å². The smallest absolute Gasteiger partial charge is 0.387 e. The van der Waals surface area contributed by atoms with Crippen LogP contribution < -0.4 is 10.1 Å². The molecular formula is C18H12ClF3N4O. The molecule has 0 saturated carbocycles. The molecule has 1 aromatic heterocycles. The highest BCUT2D eigenvalue weighted by atomic mass is 35.5. The van der Waals surface area contributed by atoms with Crippen LogP contribution in [0, 0.1) is 5.82 Å². The second-order valence-electron chi connectivity index (χ2n) is 5.75. The van der Waals surface area contributed by atoms with Gasteiger partial charge in [0.1, 0.15) is 23.9 Å². The first kappa shape index (κ1) is 17.4. The molecule has 3 aromatic rings. The fraction of sp³-hybridized carbons (Fsp3) is 0.111. The summed E-state index contributed by atoms with van der Waals surface area (Å²) in [7, 11) is 0. The summed E-state index contributed by atoms with van der Waals surface area (Å²) in [5.74, 6) is -0.0112. The van der Waals surface area contributed by atoms with Gasteiger partial charge in [0.05, 0.1) is 5.70 Å². The zero-order valence-corrected chi connectivity index (χ0v) is 14.4. The number of anilines is 1. The number of hydrogen-bond donors (Lipinski definition) is 1. The highest BCUT2D eigenvalue weighted by Gasteiger charge is 2.25. The van der Waals surface area contributed by atoms with Gasteiger partial charge in [-0.3, -0.25) is 0 Å². The maximum atomic E-state index is 13.3. The monoisotopic (exact) mass is 392 g/mol. The predicted octanol–water partition coefficient (Wildman–Crippen LogP) is 4.73. The summed E-state index contributed by atoms with van der Waals surface area (Å²) in [6.45, 7) is -3.00. The summed E-state index contributed by atoms with van der Waals surface area (Å²) >= 11 is 5.92. The number of benzene rings is 2. The van der Waals surface area contributed by atoms with Crippen molar-refractivity contribution >= 4 is 23.2 Å². The van der Waals surface area contributed by atoms with Gasteiger partial charge in [-0.25, -0.2) is 9.07 Å². The summed E-state index contributed by atoms with van der Waals surface area (Å²) in [6, 6.07) is 10.0. The molecular weight excluding hydrogens is 381 g/mol. The van der Waals surface area contributed by atoms with Gasteiger partial charge in [-0.2, -0.15) is 18.9 Å². The summed E-state index contributed by atoms with van der Waals surface area (Å²) in [6.07, 6.45) is 3.14. The Morgan fingerprint density at radius 2 is 1.93 bits per heavy atom. The van der Waals surface area contributed by atoms with Crippen molar-refractivity contribution in [3.63, 3.8) is 0 Å². The van der Waals surface area contributed by atoms with Crippen LogP contribution in [-0.2, 0) is 0 Å². The van der Waals surface area contributed by atoms with E-state index < -0.39 is 12.7 Å². The minimum absolute atomic E-state index is 0.0675. The van der Waals surface area contributed by atoms with Gasteiger partial charge in [0.25, 0.3) is 0 Å². The molecule has 9 heteroatoms. The van der Waals surface area contributed by atoms with E-state index in [9.17, 15) is 13.2 Å². The van der Waals surface area contributed by atoms with Crippen molar-refractivity contribution in [1.29, 1.82) is 0 Å². The van der Waals surface area contributed by atoms with E-state index in [1.807, 2.05) is 0 Å². The molecule has 0 unspecified atom stereocenters. The van der Waals surface area contributed by atoms with Gasteiger partial charge in [-0.05, 0) is 42.0 Å². The molecule has 2 aromatic carbocycles. The zero-order valence-electron chi connectivity index (χ0n) is 13.6. The maximum Gasteiger partial charge on any atom is 0.387 e. The van der Waals surface area contributed by atoms with Crippen LogP contribution in [0.4, 0.5) is 19.1 Å². The van der Waals surface area contributed by atoms with E-state index in [-0.39, 0.29) is 16.6 Å². The van der Waals surface area contributed by atoms with Gasteiger partial charge in [0.2, 0.25) is 5.95 Å². The molecule has 0 bridgehead atoms. The van der Waals surface area contributed by atoms with Gasteiger partial charge < -0.3 is 10.1 Å². The molecule has 138 valence electrons. The Bertz CT molecular complexity index is 1000. The molecule has 0 radical (unpaired) electrons. The average Bonchev–Trinajstić information content (AvgIpc) is 3.10. The van der Waals surface area contributed by atoms with E-state index >= 15 is 0 Å². The van der Waals surface area contributed by atoms with Crippen LogP contribution in [-0.4, -0.2) is 21.4 Å². The number of nitrogens with one attached hydrogen (secondary N) is 1. The van der Waals surface area contributed by atoms with Gasteiger partial charge >= 0.3 is 6.61 Å². The number of fused-ring (bicyclic) bond motifs is 1. The van der Waals surface area contributed by atoms with Crippen molar-refractivity contribution in [3.8, 4) is 5.75 Å². The van der Waals surface area contributed by atoms with E-state index in [4.69, 9.17) is 11.6 Å². The van der Waals surface area contributed by atoms with E-state index in [2.05, 4.69) is 20.1 Å². The molecule has 0 aliphatic carbocycles. The molecule has 0 spiro atoms. The number of nitrogens with zero attached hydrogens (tertiary/aromatic N) is 3. The second kappa shape index (κ2) is 6.96. The van der Waals surface area contributed by atoms with Crippen LogP contribution in [0.3, 0.4) is 0 Å². The Morgan fingerprint density at radius 1 is 1.15 bits per heavy atom. The molecule has 1 atom stereocenters. The Morgan fingerprint density at radius 3 is 2.67 bits per heavy atom. The Labute approximate surface area is 157 Å². The summed E-state index contributed by atoms with van der Waals surface area (Å²) in [5.41, 5.74) is 1.64. The van der Waals surface area contributed by atoms with Crippen molar-refractivity contribution in [2.45, 2.75) is 12.7 Å². The van der Waals surface area contributed by atoms with Crippen LogP contribution in [0.1, 0.15) is 17.2 Å². The van der Waals surface area contributed by atoms with Crippen LogP contribution in [0.25, 0.3) is 5.70 Å². The van der Waals surface area contributed by atoms with E-state index in [1.165, 1.54) is 24.5 Å².